The number of ether oxygens (including phenoxy) is 1. The maximum absolute atomic E-state index is 10.6. The molecule has 1 heterocycles. The first-order valence-electron chi connectivity index (χ1n) is 4.55. The summed E-state index contributed by atoms with van der Waals surface area (Å²) >= 11 is 17.2. The average Bonchev–Trinajstić information content (AvgIpc) is 2.26. The number of benzene rings is 1. The van der Waals surface area contributed by atoms with Crippen molar-refractivity contribution in [2.45, 2.75) is 16.6 Å². The molecule has 86 valence electrons. The Morgan fingerprint density at radius 1 is 1.44 bits per heavy atom. The van der Waals surface area contributed by atoms with Crippen molar-refractivity contribution in [2.24, 2.45) is 0 Å². The first-order valence-corrected chi connectivity index (χ1v) is 5.69. The molecular formula is C10H8Cl3NO2. The van der Waals surface area contributed by atoms with E-state index in [4.69, 9.17) is 39.5 Å². The number of hydrogen-bond acceptors (Lipinski definition) is 3. The van der Waals surface area contributed by atoms with E-state index < -0.39 is 10.0 Å². The number of carbonyl (C=O) groups excluding carboxylic acids is 1. The Balaban J connectivity index is 2.25. The Morgan fingerprint density at radius 3 is 2.81 bits per heavy atom. The highest BCUT2D eigenvalue weighted by molar-refractivity contribution is 6.68. The van der Waals surface area contributed by atoms with Crippen LogP contribution in [0.5, 0.6) is 5.75 Å². The monoisotopic (exact) mass is 279 g/mol. The minimum Gasteiger partial charge on any atom is -0.470 e. The van der Waals surface area contributed by atoms with Gasteiger partial charge in [-0.25, -0.2) is 0 Å². The lowest BCUT2D eigenvalue weighted by Crippen LogP contribution is -2.47. The van der Waals surface area contributed by atoms with Gasteiger partial charge in [0.1, 0.15) is 12.0 Å². The fourth-order valence-corrected chi connectivity index (χ4v) is 1.84. The summed E-state index contributed by atoms with van der Waals surface area (Å²) in [5, 5.41) is 2.93. The zero-order chi connectivity index (χ0) is 11.8. The molecule has 1 atom stereocenters. The molecule has 1 unspecified atom stereocenters. The summed E-state index contributed by atoms with van der Waals surface area (Å²) in [5.74, 6) is 0.626. The van der Waals surface area contributed by atoms with Crippen molar-refractivity contribution in [1.29, 1.82) is 0 Å². The Labute approximate surface area is 108 Å². The van der Waals surface area contributed by atoms with Crippen molar-refractivity contribution in [3.63, 3.8) is 0 Å². The summed E-state index contributed by atoms with van der Waals surface area (Å²) in [5.41, 5.74) is 1.46. The molecule has 2 rings (SSSR count). The lowest BCUT2D eigenvalue weighted by Gasteiger charge is -2.31. The molecule has 0 saturated carbocycles. The fourth-order valence-electron chi connectivity index (χ4n) is 1.48. The summed E-state index contributed by atoms with van der Waals surface area (Å²) in [4.78, 5) is 10.6. The van der Waals surface area contributed by atoms with Crippen molar-refractivity contribution < 1.29 is 9.53 Å². The fraction of sp³-hybridized carbons (Fsp3) is 0.300. The number of halogens is 3. The van der Waals surface area contributed by atoms with Crippen LogP contribution in [0.2, 0.25) is 0 Å². The van der Waals surface area contributed by atoms with Gasteiger partial charge in [-0.3, -0.25) is 10.1 Å². The van der Waals surface area contributed by atoms with Gasteiger partial charge in [-0.15, -0.1) is 0 Å². The summed E-state index contributed by atoms with van der Waals surface area (Å²) < 4.78 is 3.95. The van der Waals surface area contributed by atoms with Gasteiger partial charge >= 0.3 is 0 Å². The summed E-state index contributed by atoms with van der Waals surface area (Å²) in [7, 11) is 0. The van der Waals surface area contributed by atoms with E-state index in [0.29, 0.717) is 17.9 Å². The predicted molar refractivity (Wildman–Crippen MR) is 63.4 cm³/mol. The van der Waals surface area contributed by atoms with Gasteiger partial charge in [0.25, 0.3) is 0 Å². The standard InChI is InChI=1S/C10H8Cl3NO2/c11-10(12,13)9-14-4-7-3-6(5-15)1-2-8(7)16-9/h1-3,5,9,14H,4H2. The number of hydrogen-bond donors (Lipinski definition) is 1. The van der Waals surface area contributed by atoms with Crippen LogP contribution in [0, 0.1) is 0 Å². The van der Waals surface area contributed by atoms with Gasteiger partial charge in [0.05, 0.1) is 0 Å². The second-order valence-corrected chi connectivity index (χ2v) is 5.77. The number of nitrogens with one attached hydrogen (secondary N) is 1. The van der Waals surface area contributed by atoms with Gasteiger partial charge in [0.2, 0.25) is 3.79 Å². The topological polar surface area (TPSA) is 38.3 Å². The van der Waals surface area contributed by atoms with Crippen LogP contribution in [0.25, 0.3) is 0 Å². The zero-order valence-electron chi connectivity index (χ0n) is 8.04. The van der Waals surface area contributed by atoms with Crippen LogP contribution in [0.15, 0.2) is 18.2 Å². The third kappa shape index (κ3) is 2.43. The molecule has 16 heavy (non-hydrogen) atoms. The van der Waals surface area contributed by atoms with Crippen molar-refractivity contribution in [2.75, 3.05) is 0 Å². The lowest BCUT2D eigenvalue weighted by molar-refractivity contribution is 0.112. The predicted octanol–water partition coefficient (Wildman–Crippen LogP) is 2.68. The maximum Gasteiger partial charge on any atom is 0.240 e. The van der Waals surface area contributed by atoms with Crippen LogP contribution in [-0.2, 0) is 6.54 Å². The van der Waals surface area contributed by atoms with Gasteiger partial charge < -0.3 is 4.74 Å². The maximum atomic E-state index is 10.6. The van der Waals surface area contributed by atoms with Crippen molar-refractivity contribution >= 4 is 41.1 Å². The van der Waals surface area contributed by atoms with Crippen LogP contribution in [0.4, 0.5) is 0 Å². The van der Waals surface area contributed by atoms with Gasteiger partial charge in [-0.2, -0.15) is 0 Å². The first kappa shape index (κ1) is 12.0. The molecule has 1 aliphatic rings. The number of alkyl halides is 3. The number of rotatable bonds is 1. The number of aldehydes is 1. The zero-order valence-corrected chi connectivity index (χ0v) is 10.3. The van der Waals surface area contributed by atoms with Crippen molar-refractivity contribution in [1.82, 2.24) is 5.32 Å². The molecule has 0 saturated heterocycles. The minimum absolute atomic E-state index is 0.496. The highest BCUT2D eigenvalue weighted by Gasteiger charge is 2.36. The minimum atomic E-state index is -1.53. The SMILES string of the molecule is O=Cc1ccc2c(c1)CNC(C(Cl)(Cl)Cl)O2. The molecule has 0 bridgehead atoms. The summed E-state index contributed by atoms with van der Waals surface area (Å²) in [6.07, 6.45) is 0.0912. The highest BCUT2D eigenvalue weighted by Crippen LogP contribution is 2.35. The van der Waals surface area contributed by atoms with E-state index in [1.165, 1.54) is 0 Å². The molecular weight excluding hydrogens is 272 g/mol. The molecule has 1 aromatic rings. The first-order chi connectivity index (χ1) is 7.50. The van der Waals surface area contributed by atoms with Gasteiger partial charge in [0, 0.05) is 17.7 Å². The van der Waals surface area contributed by atoms with E-state index in [1.807, 2.05) is 0 Å². The largest absolute Gasteiger partial charge is 0.470 e. The Kier molecular flexibility index (Phi) is 3.31. The third-order valence-electron chi connectivity index (χ3n) is 2.24. The van der Waals surface area contributed by atoms with E-state index >= 15 is 0 Å². The molecule has 0 aromatic heterocycles. The quantitative estimate of drug-likeness (QED) is 0.635. The van der Waals surface area contributed by atoms with Crippen LogP contribution in [-0.4, -0.2) is 16.3 Å². The van der Waals surface area contributed by atoms with Crippen LogP contribution < -0.4 is 10.1 Å². The van der Waals surface area contributed by atoms with E-state index in [2.05, 4.69) is 5.32 Å². The van der Waals surface area contributed by atoms with Crippen LogP contribution in [0.1, 0.15) is 15.9 Å². The number of carbonyl (C=O) groups is 1. The van der Waals surface area contributed by atoms with Crippen molar-refractivity contribution in [3.8, 4) is 5.75 Å². The van der Waals surface area contributed by atoms with E-state index in [1.54, 1.807) is 18.2 Å². The molecule has 6 heteroatoms. The Bertz CT molecular complexity index is 417. The third-order valence-corrected chi connectivity index (χ3v) is 2.84. The number of fused-ring (bicyclic) bond motifs is 1. The Morgan fingerprint density at radius 2 is 2.19 bits per heavy atom. The smallest absolute Gasteiger partial charge is 0.240 e. The molecule has 0 radical (unpaired) electrons. The molecule has 0 aliphatic carbocycles. The van der Waals surface area contributed by atoms with Gasteiger partial charge in [0.15, 0.2) is 6.23 Å². The molecule has 1 N–H and O–H groups in total. The highest BCUT2D eigenvalue weighted by atomic mass is 35.6. The molecule has 0 amide bonds. The summed E-state index contributed by atoms with van der Waals surface area (Å²) in [6.45, 7) is 0.496. The average molecular weight is 281 g/mol. The Hall–Kier alpha value is -0.480. The second kappa shape index (κ2) is 4.41. The molecule has 3 nitrogen and oxygen atoms in total. The molecule has 1 aliphatic heterocycles. The van der Waals surface area contributed by atoms with E-state index in [-0.39, 0.29) is 0 Å². The van der Waals surface area contributed by atoms with Crippen LogP contribution in [0.3, 0.4) is 0 Å². The molecule has 1 aromatic carbocycles. The van der Waals surface area contributed by atoms with Gasteiger partial charge in [-0.05, 0) is 18.2 Å². The second-order valence-electron chi connectivity index (χ2n) is 3.41. The van der Waals surface area contributed by atoms with Gasteiger partial charge in [-0.1, -0.05) is 34.8 Å². The molecule has 0 fully saturated rings. The molecule has 0 spiro atoms. The van der Waals surface area contributed by atoms with E-state index in [0.717, 1.165) is 11.8 Å². The lowest BCUT2D eigenvalue weighted by atomic mass is 10.1. The van der Waals surface area contributed by atoms with E-state index in [9.17, 15) is 4.79 Å². The van der Waals surface area contributed by atoms with Crippen molar-refractivity contribution in [3.05, 3.63) is 29.3 Å². The van der Waals surface area contributed by atoms with Crippen LogP contribution >= 0.6 is 34.8 Å². The normalized spacial score (nSPS) is 19.8. The summed E-state index contributed by atoms with van der Waals surface area (Å²) in [6, 6.07) is 5.10.